The number of para-hydroxylation sites is 1. The number of fused-ring (bicyclic) bond motifs is 5. The molecule has 0 saturated heterocycles. The van der Waals surface area contributed by atoms with Crippen LogP contribution in [-0.2, 0) is 4.57 Å². The largest absolute Gasteiger partial charge is 0.464 e. The SMILES string of the molecule is C=Cc1c(/C=C/c2ccc3c(c2)-c2cccc(c2)/C=C\C=C\O3)c2ccccc2n1-c1cccc(P(=O)(c2ccccc2)c2ccccc2)c1. The number of rotatable bonds is 7. The molecule has 8 rings (SSSR count). The molecule has 0 N–H and O–H groups in total. The first-order valence-electron chi connectivity index (χ1n) is 16.6. The Labute approximate surface area is 292 Å². The Morgan fingerprint density at radius 3 is 2.14 bits per heavy atom. The fourth-order valence-corrected chi connectivity index (χ4v) is 9.47. The summed E-state index contributed by atoms with van der Waals surface area (Å²) in [5.41, 5.74) is 8.30. The lowest BCUT2D eigenvalue weighted by Crippen LogP contribution is -2.25. The second-order valence-corrected chi connectivity index (χ2v) is 14.9. The molecule has 0 aliphatic carbocycles. The van der Waals surface area contributed by atoms with Gasteiger partial charge in [-0.25, -0.2) is 0 Å². The molecule has 0 atom stereocenters. The molecule has 0 spiro atoms. The van der Waals surface area contributed by atoms with E-state index in [1.807, 2.05) is 97.1 Å². The summed E-state index contributed by atoms with van der Waals surface area (Å²) >= 11 is 0. The first-order chi connectivity index (χ1) is 24.6. The fraction of sp³-hybridized carbons (Fsp3) is 0. The van der Waals surface area contributed by atoms with Crippen LogP contribution in [0.2, 0.25) is 0 Å². The summed E-state index contributed by atoms with van der Waals surface area (Å²) < 4.78 is 23.5. The molecule has 0 radical (unpaired) electrons. The van der Waals surface area contributed by atoms with Crippen LogP contribution in [-0.4, -0.2) is 4.57 Å². The maximum absolute atomic E-state index is 15.3. The predicted molar refractivity (Wildman–Crippen MR) is 212 cm³/mol. The number of aromatic nitrogens is 1. The molecule has 4 heteroatoms. The Morgan fingerprint density at radius 2 is 1.36 bits per heavy atom. The van der Waals surface area contributed by atoms with Crippen molar-refractivity contribution in [2.75, 3.05) is 0 Å². The highest BCUT2D eigenvalue weighted by atomic mass is 31.2. The Bertz CT molecular complexity index is 2460. The summed E-state index contributed by atoms with van der Waals surface area (Å²) in [6, 6.07) is 50.9. The van der Waals surface area contributed by atoms with Crippen LogP contribution < -0.4 is 20.7 Å². The predicted octanol–water partition coefficient (Wildman–Crippen LogP) is 10.7. The van der Waals surface area contributed by atoms with Crippen LogP contribution in [0.25, 0.3) is 52.0 Å². The molecule has 0 amide bonds. The van der Waals surface area contributed by atoms with Crippen molar-refractivity contribution in [3.05, 3.63) is 199 Å². The lowest BCUT2D eigenvalue weighted by molar-refractivity contribution is 0.483. The molecule has 1 aromatic heterocycles. The van der Waals surface area contributed by atoms with E-state index in [0.29, 0.717) is 0 Å². The van der Waals surface area contributed by atoms with E-state index in [4.69, 9.17) is 4.74 Å². The van der Waals surface area contributed by atoms with Crippen LogP contribution >= 0.6 is 7.14 Å². The van der Waals surface area contributed by atoms with Gasteiger partial charge in [-0.15, -0.1) is 0 Å². The summed E-state index contributed by atoms with van der Waals surface area (Å²) in [6.45, 7) is 4.26. The third-order valence-corrected chi connectivity index (χ3v) is 12.2. The maximum atomic E-state index is 15.3. The molecule has 0 fully saturated rings. The van der Waals surface area contributed by atoms with Crippen molar-refractivity contribution >= 4 is 58.3 Å². The Hall–Kier alpha value is -6.15. The molecule has 2 heterocycles. The second kappa shape index (κ2) is 13.4. The molecule has 7 aromatic rings. The number of benzene rings is 6. The number of hydrogen-bond acceptors (Lipinski definition) is 2. The fourth-order valence-electron chi connectivity index (χ4n) is 6.78. The Morgan fingerprint density at radius 1 is 0.640 bits per heavy atom. The van der Waals surface area contributed by atoms with Crippen LogP contribution in [0.5, 0.6) is 5.75 Å². The molecule has 6 aromatic carbocycles. The van der Waals surface area contributed by atoms with Crippen LogP contribution in [0.1, 0.15) is 22.4 Å². The minimum Gasteiger partial charge on any atom is -0.464 e. The number of nitrogens with zero attached hydrogens (tertiary/aromatic N) is 1. The highest BCUT2D eigenvalue weighted by molar-refractivity contribution is 7.85. The van der Waals surface area contributed by atoms with Crippen LogP contribution in [0, 0.1) is 0 Å². The molecule has 1 aliphatic heterocycles. The van der Waals surface area contributed by atoms with E-state index in [1.54, 1.807) is 6.26 Å². The van der Waals surface area contributed by atoms with Gasteiger partial charge >= 0.3 is 0 Å². The van der Waals surface area contributed by atoms with Crippen molar-refractivity contribution in [3.8, 4) is 22.6 Å². The molecule has 3 nitrogen and oxygen atoms in total. The second-order valence-electron chi connectivity index (χ2n) is 12.2. The minimum absolute atomic E-state index is 0.779. The van der Waals surface area contributed by atoms with Gasteiger partial charge in [-0.3, -0.25) is 0 Å². The van der Waals surface area contributed by atoms with Gasteiger partial charge in [-0.1, -0.05) is 146 Å². The van der Waals surface area contributed by atoms with Crippen molar-refractivity contribution in [2.45, 2.75) is 0 Å². The van der Waals surface area contributed by atoms with Gasteiger partial charge in [0.05, 0.1) is 17.5 Å². The summed E-state index contributed by atoms with van der Waals surface area (Å²) in [7, 11) is -3.17. The molecule has 2 bridgehead atoms. The standard InChI is InChI=1S/C46H34NO2P/c1-2-44-42(28-26-35-27-29-46-43(32-35)36-17-13-16-34(31-36)15-11-12-30-49-46)41-24-9-10-25-45(41)47(44)37-18-14-23-40(33-37)50(48,38-19-5-3-6-20-38)39-21-7-4-8-22-39/h2-33H,1H2/b15-11-,28-26+,30-12+. The van der Waals surface area contributed by atoms with E-state index < -0.39 is 7.14 Å². The third kappa shape index (κ3) is 5.68. The maximum Gasteiger partial charge on any atom is 0.171 e. The minimum atomic E-state index is -3.17. The summed E-state index contributed by atoms with van der Waals surface area (Å²) in [6.07, 6.45) is 13.9. The molecule has 240 valence electrons. The molecule has 0 unspecified atom stereocenters. The highest BCUT2D eigenvalue weighted by Crippen LogP contribution is 2.43. The lowest BCUT2D eigenvalue weighted by atomic mass is 9.99. The van der Waals surface area contributed by atoms with E-state index >= 15 is 4.57 Å². The average molecular weight is 664 g/mol. The van der Waals surface area contributed by atoms with Crippen LogP contribution in [0.4, 0.5) is 0 Å². The first kappa shape index (κ1) is 31.1. The zero-order valence-corrected chi connectivity index (χ0v) is 28.3. The topological polar surface area (TPSA) is 31.2 Å². The number of allylic oxidation sites excluding steroid dienone is 2. The monoisotopic (exact) mass is 663 g/mol. The number of ether oxygens (including phenoxy) is 1. The van der Waals surface area contributed by atoms with Gasteiger partial charge in [0.25, 0.3) is 0 Å². The van der Waals surface area contributed by atoms with Crippen molar-refractivity contribution < 1.29 is 9.30 Å². The molecular formula is C46H34NO2P. The van der Waals surface area contributed by atoms with Crippen molar-refractivity contribution in [1.29, 1.82) is 0 Å². The average Bonchev–Trinajstić information content (AvgIpc) is 3.51. The summed E-state index contributed by atoms with van der Waals surface area (Å²) in [5.74, 6) is 0.803. The van der Waals surface area contributed by atoms with Gasteiger partial charge < -0.3 is 13.9 Å². The van der Waals surface area contributed by atoms with Crippen molar-refractivity contribution in [1.82, 2.24) is 4.57 Å². The number of hydrogen-bond donors (Lipinski definition) is 0. The zero-order valence-electron chi connectivity index (χ0n) is 27.4. The van der Waals surface area contributed by atoms with Gasteiger partial charge in [-0.05, 0) is 65.2 Å². The molecule has 0 saturated carbocycles. The van der Waals surface area contributed by atoms with E-state index in [9.17, 15) is 0 Å². The summed E-state index contributed by atoms with van der Waals surface area (Å²) in [4.78, 5) is 0. The van der Waals surface area contributed by atoms with Crippen molar-refractivity contribution in [2.24, 2.45) is 0 Å². The van der Waals surface area contributed by atoms with Crippen LogP contribution in [0.3, 0.4) is 0 Å². The third-order valence-electron chi connectivity index (χ3n) is 9.15. The van der Waals surface area contributed by atoms with Crippen molar-refractivity contribution in [3.63, 3.8) is 0 Å². The Kier molecular flexibility index (Phi) is 8.34. The van der Waals surface area contributed by atoms with E-state index in [1.165, 1.54) is 0 Å². The van der Waals surface area contributed by atoms with Crippen LogP contribution in [0.15, 0.2) is 177 Å². The molecule has 50 heavy (non-hydrogen) atoms. The van der Waals surface area contributed by atoms with E-state index in [0.717, 1.165) is 71.8 Å². The van der Waals surface area contributed by atoms with Gasteiger partial charge in [0.15, 0.2) is 7.14 Å². The quantitative estimate of drug-likeness (QED) is 0.159. The normalized spacial score (nSPS) is 13.8. The van der Waals surface area contributed by atoms with Gasteiger partial charge in [0.2, 0.25) is 0 Å². The molecular weight excluding hydrogens is 629 g/mol. The smallest absolute Gasteiger partial charge is 0.171 e. The summed E-state index contributed by atoms with van der Waals surface area (Å²) in [5, 5.41) is 3.49. The lowest BCUT2D eigenvalue weighted by Gasteiger charge is -2.21. The first-order valence-corrected chi connectivity index (χ1v) is 18.3. The zero-order chi connectivity index (χ0) is 33.9. The van der Waals surface area contributed by atoms with E-state index in [-0.39, 0.29) is 0 Å². The van der Waals surface area contributed by atoms with Gasteiger partial charge in [-0.2, -0.15) is 0 Å². The van der Waals surface area contributed by atoms with Gasteiger partial charge in [0.1, 0.15) is 5.75 Å². The highest BCUT2D eigenvalue weighted by Gasteiger charge is 2.30. The molecule has 1 aliphatic rings. The Balaban J connectivity index is 1.25. The van der Waals surface area contributed by atoms with Gasteiger partial charge in [0, 0.05) is 38.1 Å². The van der Waals surface area contributed by atoms with E-state index in [2.05, 4.69) is 102 Å².